The Labute approximate surface area is 151 Å². The van der Waals surface area contributed by atoms with E-state index in [0.29, 0.717) is 0 Å². The minimum atomic E-state index is -2.98. The summed E-state index contributed by atoms with van der Waals surface area (Å²) in [6.45, 7) is 2.04. The molecule has 0 spiro atoms. The van der Waals surface area contributed by atoms with Crippen molar-refractivity contribution < 1.29 is 4.57 Å². The van der Waals surface area contributed by atoms with Crippen LogP contribution in [0.1, 0.15) is 5.56 Å². The number of aryl methyl sites for hydroxylation is 1. The lowest BCUT2D eigenvalue weighted by molar-refractivity contribution is 0.586. The van der Waals surface area contributed by atoms with E-state index >= 15 is 0 Å². The summed E-state index contributed by atoms with van der Waals surface area (Å²) in [6.07, 6.45) is 0. The van der Waals surface area contributed by atoms with E-state index in [9.17, 15) is 4.57 Å². The molecule has 0 heterocycles. The fraction of sp³-hybridized carbons (Fsp3) is 0.100. The van der Waals surface area contributed by atoms with E-state index in [-0.39, 0.29) is 0 Å². The predicted octanol–water partition coefficient (Wildman–Crippen LogP) is 5.12. The van der Waals surface area contributed by atoms with Gasteiger partial charge in [0.05, 0.1) is 5.69 Å². The molecule has 3 aromatic rings. The molecule has 0 aliphatic heterocycles. The van der Waals surface area contributed by atoms with Crippen molar-refractivity contribution >= 4 is 39.5 Å². The number of nitrogens with zero attached hydrogens (tertiary/aromatic N) is 1. The molecule has 0 atom stereocenters. The van der Waals surface area contributed by atoms with Gasteiger partial charge in [0.2, 0.25) is 7.29 Å². The van der Waals surface area contributed by atoms with Crippen LogP contribution in [0.15, 0.2) is 83.3 Å². The topological polar surface area (TPSA) is 20.3 Å². The second kappa shape index (κ2) is 6.96. The van der Waals surface area contributed by atoms with Gasteiger partial charge in [-0.15, -0.1) is 0 Å². The Balaban J connectivity index is 2.23. The van der Waals surface area contributed by atoms with Crippen molar-refractivity contribution in [1.82, 2.24) is 0 Å². The summed E-state index contributed by atoms with van der Waals surface area (Å²) in [5, 5.41) is 1.65. The van der Waals surface area contributed by atoms with Gasteiger partial charge in [0.15, 0.2) is 0 Å². The second-order valence-corrected chi connectivity index (χ2v) is 9.36. The summed E-state index contributed by atoms with van der Waals surface area (Å²) in [5.74, 6) is 0. The molecule has 4 heteroatoms. The molecule has 0 unspecified atom stereocenters. The third kappa shape index (κ3) is 3.07. The highest BCUT2D eigenvalue weighted by atomic mass is 79.9. The Bertz CT molecular complexity index is 837. The normalized spacial score (nSPS) is 11.3. The average molecular weight is 400 g/mol. The largest absolute Gasteiger partial charge is 0.318 e. The van der Waals surface area contributed by atoms with Gasteiger partial charge in [0.25, 0.3) is 0 Å². The summed E-state index contributed by atoms with van der Waals surface area (Å²) in [5.41, 5.74) is 2.05. The van der Waals surface area contributed by atoms with Gasteiger partial charge < -0.3 is 4.67 Å². The number of halogens is 1. The number of hydrogen-bond acceptors (Lipinski definition) is 1. The van der Waals surface area contributed by atoms with Crippen LogP contribution in [-0.4, -0.2) is 7.05 Å². The molecular formula is C20H19BrNOP. The quantitative estimate of drug-likeness (QED) is 0.567. The number of hydrogen-bond donors (Lipinski definition) is 0. The Morgan fingerprint density at radius 3 is 1.83 bits per heavy atom. The zero-order valence-electron chi connectivity index (χ0n) is 13.7. The molecule has 3 aromatic carbocycles. The van der Waals surface area contributed by atoms with E-state index in [1.54, 1.807) is 0 Å². The lowest BCUT2D eigenvalue weighted by Crippen LogP contribution is -2.29. The molecule has 24 heavy (non-hydrogen) atoms. The molecule has 0 aliphatic rings. The first-order valence-corrected chi connectivity index (χ1v) is 10.2. The lowest BCUT2D eigenvalue weighted by atomic mass is 10.2. The molecule has 0 saturated heterocycles. The molecule has 3 rings (SSSR count). The Kier molecular flexibility index (Phi) is 4.93. The van der Waals surface area contributed by atoms with E-state index in [0.717, 1.165) is 26.3 Å². The van der Waals surface area contributed by atoms with Gasteiger partial charge in [0.1, 0.15) is 0 Å². The van der Waals surface area contributed by atoms with Crippen LogP contribution in [0.25, 0.3) is 0 Å². The molecule has 0 radical (unpaired) electrons. The van der Waals surface area contributed by atoms with Crippen LogP contribution in [0.5, 0.6) is 0 Å². The molecule has 0 amide bonds. The molecular weight excluding hydrogens is 381 g/mol. The lowest BCUT2D eigenvalue weighted by Gasteiger charge is -2.32. The van der Waals surface area contributed by atoms with Gasteiger partial charge >= 0.3 is 0 Å². The Hall–Kier alpha value is -1.83. The van der Waals surface area contributed by atoms with Crippen LogP contribution < -0.4 is 15.3 Å². The van der Waals surface area contributed by atoms with Crippen LogP contribution in [0.2, 0.25) is 0 Å². The van der Waals surface area contributed by atoms with Gasteiger partial charge in [-0.05, 0) is 64.8 Å². The van der Waals surface area contributed by atoms with Crippen LogP contribution in [0.4, 0.5) is 5.69 Å². The maximum absolute atomic E-state index is 14.3. The Morgan fingerprint density at radius 1 is 0.833 bits per heavy atom. The molecule has 0 saturated carbocycles. The summed E-state index contributed by atoms with van der Waals surface area (Å²) in [7, 11) is -1.08. The maximum atomic E-state index is 14.3. The summed E-state index contributed by atoms with van der Waals surface area (Å²) >= 11 is 3.61. The van der Waals surface area contributed by atoms with E-state index in [1.165, 1.54) is 0 Å². The van der Waals surface area contributed by atoms with Crippen LogP contribution in [0, 0.1) is 6.92 Å². The molecule has 0 aliphatic carbocycles. The van der Waals surface area contributed by atoms with Crippen LogP contribution in [0.3, 0.4) is 0 Å². The minimum Gasteiger partial charge on any atom is -0.318 e. The van der Waals surface area contributed by atoms with Crippen molar-refractivity contribution in [3.05, 3.63) is 88.9 Å². The fourth-order valence-corrected chi connectivity index (χ4v) is 6.04. The Morgan fingerprint density at radius 2 is 1.33 bits per heavy atom. The van der Waals surface area contributed by atoms with E-state index in [2.05, 4.69) is 22.0 Å². The monoisotopic (exact) mass is 399 g/mol. The molecule has 0 N–H and O–H groups in total. The van der Waals surface area contributed by atoms with Gasteiger partial charge in [-0.1, -0.05) is 42.5 Å². The molecule has 0 bridgehead atoms. The highest BCUT2D eigenvalue weighted by Crippen LogP contribution is 2.50. The summed E-state index contributed by atoms with van der Waals surface area (Å²) < 4.78 is 17.1. The molecule has 0 aromatic heterocycles. The van der Waals surface area contributed by atoms with Gasteiger partial charge in [-0.2, -0.15) is 0 Å². The molecule has 0 fully saturated rings. The summed E-state index contributed by atoms with van der Waals surface area (Å²) in [6, 6.07) is 25.5. The first kappa shape index (κ1) is 17.0. The van der Waals surface area contributed by atoms with Crippen LogP contribution >= 0.6 is 23.2 Å². The SMILES string of the molecule is Cc1ccc(Br)c(N(C)P(=O)(c2ccccc2)c2ccccc2)c1. The van der Waals surface area contributed by atoms with E-state index < -0.39 is 7.29 Å². The number of rotatable bonds is 4. The third-order valence-corrected chi connectivity index (χ3v) is 7.81. The minimum absolute atomic E-state index is 0.826. The average Bonchev–Trinajstić information content (AvgIpc) is 2.64. The van der Waals surface area contributed by atoms with E-state index in [4.69, 9.17) is 0 Å². The van der Waals surface area contributed by atoms with Gasteiger partial charge in [-0.3, -0.25) is 4.57 Å². The van der Waals surface area contributed by atoms with Crippen molar-refractivity contribution in [2.75, 3.05) is 11.7 Å². The first-order chi connectivity index (χ1) is 11.5. The van der Waals surface area contributed by atoms with Crippen molar-refractivity contribution in [3.8, 4) is 0 Å². The van der Waals surface area contributed by atoms with E-state index in [1.807, 2.05) is 91.4 Å². The van der Waals surface area contributed by atoms with Crippen molar-refractivity contribution in [3.63, 3.8) is 0 Å². The van der Waals surface area contributed by atoms with Gasteiger partial charge in [0, 0.05) is 22.1 Å². The number of benzene rings is 3. The third-order valence-electron chi connectivity index (χ3n) is 4.09. The van der Waals surface area contributed by atoms with Gasteiger partial charge in [-0.25, -0.2) is 0 Å². The zero-order chi connectivity index (χ0) is 17.2. The zero-order valence-corrected chi connectivity index (χ0v) is 16.2. The van der Waals surface area contributed by atoms with Crippen molar-refractivity contribution in [2.24, 2.45) is 0 Å². The second-order valence-electron chi connectivity index (χ2n) is 5.73. The van der Waals surface area contributed by atoms with Crippen LogP contribution in [-0.2, 0) is 4.57 Å². The molecule has 2 nitrogen and oxygen atoms in total. The maximum Gasteiger partial charge on any atom is 0.229 e. The first-order valence-electron chi connectivity index (χ1n) is 7.75. The predicted molar refractivity (Wildman–Crippen MR) is 107 cm³/mol. The highest BCUT2D eigenvalue weighted by Gasteiger charge is 2.33. The highest BCUT2D eigenvalue weighted by molar-refractivity contribution is 9.10. The summed E-state index contributed by atoms with van der Waals surface area (Å²) in [4.78, 5) is 0. The smallest absolute Gasteiger partial charge is 0.229 e. The van der Waals surface area contributed by atoms with Crippen molar-refractivity contribution in [1.29, 1.82) is 0 Å². The fourth-order valence-electron chi connectivity index (χ4n) is 2.78. The molecule has 122 valence electrons. The standard InChI is InChI=1S/C20H19BrNOP/c1-16-13-14-19(21)20(15-16)22(2)24(23,17-9-5-3-6-10-17)18-11-7-4-8-12-18/h3-15H,1-2H3. The number of anilines is 1. The van der Waals surface area contributed by atoms with Crippen molar-refractivity contribution in [2.45, 2.75) is 6.92 Å².